The minimum atomic E-state index is -0.825. The number of carbonyl (C=O) groups excluding carboxylic acids is 2. The Labute approximate surface area is 402 Å². The van der Waals surface area contributed by atoms with E-state index in [1.807, 2.05) is 54.7 Å². The highest BCUT2D eigenvalue weighted by Gasteiger charge is 2.23. The second kappa shape index (κ2) is 52.0. The third kappa shape index (κ3) is 47.3. The van der Waals surface area contributed by atoms with Crippen LogP contribution < -0.4 is 5.32 Å². The fourth-order valence-electron chi connectivity index (χ4n) is 7.97. The maximum atomic E-state index is 13.2. The summed E-state index contributed by atoms with van der Waals surface area (Å²) in [6, 6.07) is -0.747. The van der Waals surface area contributed by atoms with Crippen molar-refractivity contribution in [1.82, 2.24) is 5.32 Å². The summed E-state index contributed by atoms with van der Waals surface area (Å²) in [6.07, 6.45) is 68.2. The van der Waals surface area contributed by atoms with E-state index in [0.29, 0.717) is 19.3 Å². The number of nitrogens with one attached hydrogen (secondary N) is 1. The number of rotatable bonds is 48. The van der Waals surface area contributed by atoms with Gasteiger partial charge in [-0.3, -0.25) is 9.59 Å². The van der Waals surface area contributed by atoms with Crippen LogP contribution in [-0.4, -0.2) is 46.9 Å². The average Bonchev–Trinajstić information content (AvgIpc) is 3.30. The molecule has 0 saturated heterocycles. The van der Waals surface area contributed by atoms with Crippen molar-refractivity contribution in [2.24, 2.45) is 0 Å². The van der Waals surface area contributed by atoms with Crippen LogP contribution in [0.3, 0.4) is 0 Å². The predicted octanol–water partition coefficient (Wildman–Crippen LogP) is 16.7. The van der Waals surface area contributed by atoms with Gasteiger partial charge in [0.05, 0.1) is 25.2 Å². The SMILES string of the molecule is CC/C=C/C=C/C=C\C=C/C=C/CC(CC(=O)NC(CO)C(O)CCCCCCCCCCCCCCCCCCC)OC(=O)CCCCCCC/C=C/C=C/CCCCCCCCC. The van der Waals surface area contributed by atoms with Gasteiger partial charge in [0, 0.05) is 12.8 Å². The highest BCUT2D eigenvalue weighted by atomic mass is 16.5. The largest absolute Gasteiger partial charge is 0.461 e. The molecule has 1 amide bonds. The smallest absolute Gasteiger partial charge is 0.306 e. The number of hydrogen-bond acceptors (Lipinski definition) is 5. The van der Waals surface area contributed by atoms with Crippen LogP contribution in [0.25, 0.3) is 0 Å². The first kappa shape index (κ1) is 62.0. The molecular formula is C59H103NO5. The van der Waals surface area contributed by atoms with Crippen LogP contribution in [0.1, 0.15) is 252 Å². The first-order valence-electron chi connectivity index (χ1n) is 27.4. The Morgan fingerprint density at radius 1 is 0.477 bits per heavy atom. The van der Waals surface area contributed by atoms with Crippen LogP contribution in [0.15, 0.2) is 85.1 Å². The lowest BCUT2D eigenvalue weighted by Crippen LogP contribution is -2.46. The van der Waals surface area contributed by atoms with Crippen molar-refractivity contribution in [2.45, 2.75) is 270 Å². The summed E-state index contributed by atoms with van der Waals surface area (Å²) >= 11 is 0. The normalized spacial score (nSPS) is 13.9. The van der Waals surface area contributed by atoms with Crippen molar-refractivity contribution < 1.29 is 24.5 Å². The molecule has 0 heterocycles. The van der Waals surface area contributed by atoms with E-state index in [4.69, 9.17) is 4.74 Å². The van der Waals surface area contributed by atoms with Crippen LogP contribution in [-0.2, 0) is 14.3 Å². The van der Waals surface area contributed by atoms with Gasteiger partial charge in [-0.1, -0.05) is 273 Å². The van der Waals surface area contributed by atoms with Crippen molar-refractivity contribution >= 4 is 11.9 Å². The Morgan fingerprint density at radius 3 is 1.31 bits per heavy atom. The second-order valence-corrected chi connectivity index (χ2v) is 18.4. The molecular weight excluding hydrogens is 803 g/mol. The van der Waals surface area contributed by atoms with Crippen molar-refractivity contribution in [2.75, 3.05) is 6.61 Å². The number of allylic oxidation sites excluding steroid dienone is 13. The Kier molecular flexibility index (Phi) is 49.6. The van der Waals surface area contributed by atoms with E-state index in [1.165, 1.54) is 141 Å². The molecule has 0 radical (unpaired) electrons. The Bertz CT molecular complexity index is 1250. The van der Waals surface area contributed by atoms with Gasteiger partial charge in [-0.15, -0.1) is 0 Å². The Hall–Kier alpha value is -2.96. The molecule has 0 aliphatic heterocycles. The van der Waals surface area contributed by atoms with Gasteiger partial charge < -0.3 is 20.3 Å². The molecule has 0 rings (SSSR count). The maximum Gasteiger partial charge on any atom is 0.306 e. The third-order valence-corrected chi connectivity index (χ3v) is 12.1. The Morgan fingerprint density at radius 2 is 0.862 bits per heavy atom. The first-order chi connectivity index (χ1) is 32.0. The standard InChI is InChI=1S/C59H103NO5/c1-4-7-10-13-16-19-22-24-26-28-30-32-34-37-40-43-46-49-52-59(64)65-55(50-47-44-41-38-35-21-18-15-12-9-6-3)53-58(63)60-56(54-61)57(62)51-48-45-42-39-36-33-31-29-27-25-23-20-17-14-11-8-5-2/h9,12,15,18,21,26,28,30,32,35,38,41,44,47,55-57,61-62H,4-8,10-11,13-14,16-17,19-20,22-25,27,29,31,33-34,36-37,39-40,42-43,45-46,48-54H2,1-3H3,(H,60,63)/b12-9+,18-15+,28-26+,32-30+,35-21-,41-38-,47-44+. The molecule has 0 bridgehead atoms. The quantitative estimate of drug-likeness (QED) is 0.0321. The van der Waals surface area contributed by atoms with Crippen LogP contribution in [0.4, 0.5) is 0 Å². The molecule has 3 N–H and O–H groups in total. The summed E-state index contributed by atoms with van der Waals surface area (Å²) in [5.74, 6) is -0.626. The van der Waals surface area contributed by atoms with Crippen molar-refractivity contribution in [1.29, 1.82) is 0 Å². The van der Waals surface area contributed by atoms with Gasteiger partial charge >= 0.3 is 5.97 Å². The summed E-state index contributed by atoms with van der Waals surface area (Å²) in [5, 5.41) is 23.8. The number of carbonyl (C=O) groups is 2. The zero-order valence-corrected chi connectivity index (χ0v) is 42.6. The van der Waals surface area contributed by atoms with Gasteiger partial charge in [-0.25, -0.2) is 0 Å². The highest BCUT2D eigenvalue weighted by Crippen LogP contribution is 2.17. The average molecular weight is 906 g/mol. The van der Waals surface area contributed by atoms with Crippen LogP contribution in [0.2, 0.25) is 0 Å². The van der Waals surface area contributed by atoms with Crippen LogP contribution in [0.5, 0.6) is 0 Å². The number of ether oxygens (including phenoxy) is 1. The number of unbranched alkanes of at least 4 members (excludes halogenated alkanes) is 28. The minimum Gasteiger partial charge on any atom is -0.461 e. The lowest BCUT2D eigenvalue weighted by atomic mass is 10.0. The van der Waals surface area contributed by atoms with E-state index in [9.17, 15) is 19.8 Å². The molecule has 0 aromatic rings. The van der Waals surface area contributed by atoms with Crippen molar-refractivity contribution in [3.8, 4) is 0 Å². The molecule has 0 aromatic carbocycles. The molecule has 6 heteroatoms. The van der Waals surface area contributed by atoms with Gasteiger partial charge in [-0.2, -0.15) is 0 Å². The molecule has 374 valence electrons. The van der Waals surface area contributed by atoms with E-state index in [2.05, 4.69) is 56.5 Å². The zero-order chi connectivity index (χ0) is 47.4. The molecule has 3 unspecified atom stereocenters. The van der Waals surface area contributed by atoms with Crippen LogP contribution in [0, 0.1) is 0 Å². The summed E-state index contributed by atoms with van der Waals surface area (Å²) in [7, 11) is 0. The van der Waals surface area contributed by atoms with E-state index >= 15 is 0 Å². The summed E-state index contributed by atoms with van der Waals surface area (Å²) in [6.45, 7) is 6.30. The van der Waals surface area contributed by atoms with E-state index in [-0.39, 0.29) is 24.9 Å². The molecule has 0 spiro atoms. The third-order valence-electron chi connectivity index (χ3n) is 12.1. The highest BCUT2D eigenvalue weighted by molar-refractivity contribution is 5.77. The van der Waals surface area contributed by atoms with Gasteiger partial charge in [0.2, 0.25) is 5.91 Å². The monoisotopic (exact) mass is 906 g/mol. The summed E-state index contributed by atoms with van der Waals surface area (Å²) < 4.78 is 5.84. The van der Waals surface area contributed by atoms with E-state index in [0.717, 1.165) is 64.2 Å². The molecule has 65 heavy (non-hydrogen) atoms. The fraction of sp³-hybridized carbons (Fsp3) is 0.729. The van der Waals surface area contributed by atoms with Crippen molar-refractivity contribution in [3.05, 3.63) is 85.1 Å². The van der Waals surface area contributed by atoms with Gasteiger partial charge in [0.1, 0.15) is 6.10 Å². The van der Waals surface area contributed by atoms with Gasteiger partial charge in [0.25, 0.3) is 0 Å². The molecule has 3 atom stereocenters. The van der Waals surface area contributed by atoms with Gasteiger partial charge in [-0.05, 0) is 44.9 Å². The van der Waals surface area contributed by atoms with E-state index < -0.39 is 18.2 Å². The minimum absolute atomic E-state index is 0.0278. The number of esters is 1. The number of hydrogen-bond donors (Lipinski definition) is 3. The Balaban J connectivity index is 4.59. The molecule has 6 nitrogen and oxygen atoms in total. The molecule has 0 saturated carbocycles. The van der Waals surface area contributed by atoms with Crippen molar-refractivity contribution in [3.63, 3.8) is 0 Å². The molecule has 0 fully saturated rings. The van der Waals surface area contributed by atoms with Gasteiger partial charge in [0.15, 0.2) is 0 Å². The zero-order valence-electron chi connectivity index (χ0n) is 42.6. The lowest BCUT2D eigenvalue weighted by molar-refractivity contribution is -0.150. The molecule has 0 aliphatic rings. The summed E-state index contributed by atoms with van der Waals surface area (Å²) in [5.41, 5.74) is 0. The maximum absolute atomic E-state index is 13.2. The molecule has 0 aliphatic carbocycles. The fourth-order valence-corrected chi connectivity index (χ4v) is 7.97. The number of aliphatic hydroxyl groups is 2. The van der Waals surface area contributed by atoms with Crippen LogP contribution >= 0.6 is 0 Å². The van der Waals surface area contributed by atoms with E-state index in [1.54, 1.807) is 0 Å². The second-order valence-electron chi connectivity index (χ2n) is 18.4. The predicted molar refractivity (Wildman–Crippen MR) is 282 cm³/mol. The first-order valence-corrected chi connectivity index (χ1v) is 27.4. The number of amides is 1. The molecule has 0 aromatic heterocycles. The summed E-state index contributed by atoms with van der Waals surface area (Å²) in [4.78, 5) is 26.1. The lowest BCUT2D eigenvalue weighted by Gasteiger charge is -2.24. The number of aliphatic hydroxyl groups excluding tert-OH is 2. The topological polar surface area (TPSA) is 95.9 Å².